The number of carboxylic acid groups (broad SMARTS) is 2. The fraction of sp³-hybridized carbons (Fsp3) is 0.0769. The Balaban J connectivity index is 2.39. The van der Waals surface area contributed by atoms with Crippen molar-refractivity contribution in [3.63, 3.8) is 0 Å². The summed E-state index contributed by atoms with van der Waals surface area (Å²) >= 11 is 0. The second-order valence-corrected chi connectivity index (χ2v) is 4.31. The van der Waals surface area contributed by atoms with Crippen molar-refractivity contribution in [1.29, 1.82) is 0 Å². The van der Waals surface area contributed by atoms with Gasteiger partial charge in [0.25, 0.3) is 0 Å². The lowest BCUT2D eigenvalue weighted by atomic mass is 10.00. The molecule has 0 radical (unpaired) electrons. The van der Waals surface area contributed by atoms with Crippen molar-refractivity contribution in [3.05, 3.63) is 46.6 Å². The Hall–Kier alpha value is -3.16. The number of carbonyl (C=O) groups is 2. The molecule has 0 spiro atoms. The number of nitrogens with zero attached hydrogens (tertiary/aromatic N) is 2. The molecule has 1 aromatic carbocycles. The minimum absolute atomic E-state index is 0.0451. The number of aromatic nitrogens is 2. The summed E-state index contributed by atoms with van der Waals surface area (Å²) in [6.07, 6.45) is 1.72. The van der Waals surface area contributed by atoms with Gasteiger partial charge in [0.2, 0.25) is 5.95 Å². The maximum absolute atomic E-state index is 11.1. The Morgan fingerprint density at radius 1 is 1.10 bits per heavy atom. The molecule has 0 aliphatic carbocycles. The van der Waals surface area contributed by atoms with Crippen molar-refractivity contribution < 1.29 is 19.8 Å². The van der Waals surface area contributed by atoms with Gasteiger partial charge >= 0.3 is 11.9 Å². The van der Waals surface area contributed by atoms with Crippen molar-refractivity contribution in [2.75, 3.05) is 11.5 Å². The first kappa shape index (κ1) is 14.3. The zero-order valence-electron chi connectivity index (χ0n) is 10.8. The number of hydrogen-bond acceptors (Lipinski definition) is 6. The van der Waals surface area contributed by atoms with E-state index in [4.69, 9.17) is 21.7 Å². The normalized spacial score (nSPS) is 10.3. The van der Waals surface area contributed by atoms with Gasteiger partial charge in [-0.25, -0.2) is 14.6 Å². The molecule has 8 nitrogen and oxygen atoms in total. The average molecular weight is 288 g/mol. The van der Waals surface area contributed by atoms with Crippen LogP contribution in [0.4, 0.5) is 11.8 Å². The Labute approximate surface area is 119 Å². The molecule has 1 aromatic heterocycles. The van der Waals surface area contributed by atoms with Crippen LogP contribution in [0.3, 0.4) is 0 Å². The van der Waals surface area contributed by atoms with Crippen LogP contribution in [0.2, 0.25) is 0 Å². The van der Waals surface area contributed by atoms with Crippen LogP contribution in [0.1, 0.15) is 31.8 Å². The van der Waals surface area contributed by atoms with Gasteiger partial charge in [0, 0.05) is 18.2 Å². The highest BCUT2D eigenvalue weighted by atomic mass is 16.4. The lowest BCUT2D eigenvalue weighted by molar-refractivity contribution is 0.0651. The number of rotatable bonds is 4. The summed E-state index contributed by atoms with van der Waals surface area (Å²) in [5.74, 6) is -2.37. The molecule has 0 amide bonds. The zero-order chi connectivity index (χ0) is 15.6. The van der Waals surface area contributed by atoms with Gasteiger partial charge in [0.15, 0.2) is 0 Å². The molecule has 0 bridgehead atoms. The van der Waals surface area contributed by atoms with Gasteiger partial charge in [-0.15, -0.1) is 0 Å². The van der Waals surface area contributed by atoms with E-state index >= 15 is 0 Å². The second kappa shape index (κ2) is 5.45. The maximum Gasteiger partial charge on any atom is 0.336 e. The van der Waals surface area contributed by atoms with Crippen molar-refractivity contribution in [1.82, 2.24) is 9.97 Å². The summed E-state index contributed by atoms with van der Waals surface area (Å²) in [6.45, 7) is 0. The predicted octanol–water partition coefficient (Wildman–Crippen LogP) is 0.628. The molecule has 8 heteroatoms. The molecule has 0 fully saturated rings. The Bertz CT molecular complexity index is 730. The van der Waals surface area contributed by atoms with Crippen LogP contribution in [0, 0.1) is 0 Å². The van der Waals surface area contributed by atoms with Crippen LogP contribution in [0.15, 0.2) is 24.4 Å². The lowest BCUT2D eigenvalue weighted by Crippen LogP contribution is -2.09. The highest BCUT2D eigenvalue weighted by molar-refractivity contribution is 6.01. The number of hydrogen-bond donors (Lipinski definition) is 4. The standard InChI is InChI=1S/C13H12N4O4/c14-10-7(5-16-13(15)17-10)3-6-1-2-8(11(18)19)9(4-6)12(20)21/h1-2,4-5H,3H2,(H,18,19)(H,20,21)(H4,14,15,16,17). The molecule has 2 rings (SSSR count). The summed E-state index contributed by atoms with van der Waals surface area (Å²) < 4.78 is 0. The van der Waals surface area contributed by atoms with Crippen molar-refractivity contribution in [3.8, 4) is 0 Å². The van der Waals surface area contributed by atoms with E-state index in [1.54, 1.807) is 0 Å². The Morgan fingerprint density at radius 2 is 1.76 bits per heavy atom. The van der Waals surface area contributed by atoms with E-state index in [0.717, 1.165) is 0 Å². The Morgan fingerprint density at radius 3 is 2.33 bits per heavy atom. The largest absolute Gasteiger partial charge is 0.478 e. The molecule has 21 heavy (non-hydrogen) atoms. The fourth-order valence-electron chi connectivity index (χ4n) is 1.86. The van der Waals surface area contributed by atoms with Crippen molar-refractivity contribution >= 4 is 23.7 Å². The van der Waals surface area contributed by atoms with E-state index in [-0.39, 0.29) is 29.3 Å². The van der Waals surface area contributed by atoms with E-state index < -0.39 is 11.9 Å². The molecule has 0 atom stereocenters. The lowest BCUT2D eigenvalue weighted by Gasteiger charge is -2.08. The van der Waals surface area contributed by atoms with Gasteiger partial charge in [-0.3, -0.25) is 0 Å². The van der Waals surface area contributed by atoms with Gasteiger partial charge in [-0.05, 0) is 17.7 Å². The summed E-state index contributed by atoms with van der Waals surface area (Å²) in [5, 5.41) is 18.0. The molecular formula is C13H12N4O4. The quantitative estimate of drug-likeness (QED) is 0.639. The SMILES string of the molecule is Nc1ncc(Cc2ccc(C(=O)O)c(C(=O)O)c2)c(N)n1. The number of nitrogen functional groups attached to an aromatic ring is 2. The maximum atomic E-state index is 11.1. The van der Waals surface area contributed by atoms with E-state index in [0.29, 0.717) is 11.1 Å². The summed E-state index contributed by atoms with van der Waals surface area (Å²) in [5.41, 5.74) is 11.7. The molecule has 0 unspecified atom stereocenters. The number of anilines is 2. The van der Waals surface area contributed by atoms with E-state index in [1.807, 2.05) is 0 Å². The van der Waals surface area contributed by atoms with Crippen LogP contribution >= 0.6 is 0 Å². The van der Waals surface area contributed by atoms with E-state index in [1.165, 1.54) is 24.4 Å². The zero-order valence-corrected chi connectivity index (χ0v) is 10.8. The molecule has 6 N–H and O–H groups in total. The summed E-state index contributed by atoms with van der Waals surface area (Å²) in [4.78, 5) is 29.7. The third-order valence-electron chi connectivity index (χ3n) is 2.86. The summed E-state index contributed by atoms with van der Waals surface area (Å²) in [7, 11) is 0. The predicted molar refractivity (Wildman–Crippen MR) is 74.0 cm³/mol. The molecule has 0 aliphatic rings. The van der Waals surface area contributed by atoms with Crippen LogP contribution in [-0.4, -0.2) is 32.1 Å². The van der Waals surface area contributed by atoms with Crippen molar-refractivity contribution in [2.45, 2.75) is 6.42 Å². The van der Waals surface area contributed by atoms with Crippen molar-refractivity contribution in [2.24, 2.45) is 0 Å². The highest BCUT2D eigenvalue weighted by Crippen LogP contribution is 2.18. The molecule has 108 valence electrons. The minimum Gasteiger partial charge on any atom is -0.478 e. The third kappa shape index (κ3) is 3.06. The van der Waals surface area contributed by atoms with Gasteiger partial charge in [0.1, 0.15) is 5.82 Å². The van der Waals surface area contributed by atoms with Gasteiger partial charge < -0.3 is 21.7 Å². The van der Waals surface area contributed by atoms with Crippen LogP contribution in [0.5, 0.6) is 0 Å². The van der Waals surface area contributed by atoms with Crippen LogP contribution < -0.4 is 11.5 Å². The Kier molecular flexibility index (Phi) is 3.70. The number of carboxylic acids is 2. The smallest absolute Gasteiger partial charge is 0.336 e. The van der Waals surface area contributed by atoms with Gasteiger partial charge in [-0.2, -0.15) is 4.98 Å². The monoisotopic (exact) mass is 288 g/mol. The topological polar surface area (TPSA) is 152 Å². The fourth-order valence-corrected chi connectivity index (χ4v) is 1.86. The summed E-state index contributed by atoms with van der Waals surface area (Å²) in [6, 6.07) is 4.06. The average Bonchev–Trinajstić information content (AvgIpc) is 2.41. The van der Waals surface area contributed by atoms with Gasteiger partial charge in [0.05, 0.1) is 11.1 Å². The number of nitrogens with two attached hydrogens (primary N) is 2. The third-order valence-corrected chi connectivity index (χ3v) is 2.86. The van der Waals surface area contributed by atoms with Crippen LogP contribution in [-0.2, 0) is 6.42 Å². The number of benzene rings is 1. The van der Waals surface area contributed by atoms with E-state index in [9.17, 15) is 9.59 Å². The molecule has 0 saturated heterocycles. The first-order valence-electron chi connectivity index (χ1n) is 5.85. The molecule has 2 aromatic rings. The first-order chi connectivity index (χ1) is 9.88. The minimum atomic E-state index is -1.31. The molecule has 0 saturated carbocycles. The highest BCUT2D eigenvalue weighted by Gasteiger charge is 2.16. The van der Waals surface area contributed by atoms with E-state index in [2.05, 4.69) is 9.97 Å². The van der Waals surface area contributed by atoms with Gasteiger partial charge in [-0.1, -0.05) is 6.07 Å². The number of aromatic carboxylic acids is 2. The van der Waals surface area contributed by atoms with Crippen LogP contribution in [0.25, 0.3) is 0 Å². The molecule has 1 heterocycles. The molecule has 0 aliphatic heterocycles. The second-order valence-electron chi connectivity index (χ2n) is 4.31. The molecular weight excluding hydrogens is 276 g/mol. The first-order valence-corrected chi connectivity index (χ1v) is 5.85.